The highest BCUT2D eigenvalue weighted by Gasteiger charge is 2.37. The molecule has 1 fully saturated rings. The molecule has 2 aliphatic rings. The lowest BCUT2D eigenvalue weighted by Gasteiger charge is -2.27. The van der Waals surface area contributed by atoms with Gasteiger partial charge in [-0.25, -0.2) is 17.8 Å². The predicted octanol–water partition coefficient (Wildman–Crippen LogP) is 1.58. The van der Waals surface area contributed by atoms with Crippen LogP contribution in [-0.2, 0) is 19.4 Å². The first-order valence-corrected chi connectivity index (χ1v) is 9.81. The molecular formula is C15H15ClFN3O4S. The number of nitrogens with one attached hydrogen (secondary N) is 1. The normalized spacial score (nSPS) is 22.6. The molecule has 1 atom stereocenters. The molecule has 2 amide bonds. The second-order valence-corrected chi connectivity index (χ2v) is 8.59. The Hall–Kier alpha value is -2.00. The summed E-state index contributed by atoms with van der Waals surface area (Å²) >= 11 is 5.66. The molecule has 0 aliphatic carbocycles. The summed E-state index contributed by atoms with van der Waals surface area (Å²) in [5.41, 5.74) is 0.00208. The molecule has 10 heteroatoms. The molecule has 1 N–H and O–H groups in total. The van der Waals surface area contributed by atoms with Crippen LogP contribution in [0.1, 0.15) is 19.3 Å². The van der Waals surface area contributed by atoms with Crippen molar-refractivity contribution in [2.45, 2.75) is 25.3 Å². The van der Waals surface area contributed by atoms with Gasteiger partial charge in [-0.3, -0.25) is 9.59 Å². The van der Waals surface area contributed by atoms with Gasteiger partial charge < -0.3 is 5.32 Å². The number of rotatable bonds is 3. The molecule has 3 rings (SSSR count). The third kappa shape index (κ3) is 3.98. The Balaban J connectivity index is 1.77. The Kier molecular flexibility index (Phi) is 4.79. The number of carbonyl (C=O) groups excluding carboxylic acids is 2. The number of hydrogen-bond acceptors (Lipinski definition) is 5. The Morgan fingerprint density at radius 1 is 1.36 bits per heavy atom. The summed E-state index contributed by atoms with van der Waals surface area (Å²) in [6.07, 6.45) is 0.444. The summed E-state index contributed by atoms with van der Waals surface area (Å²) in [7, 11) is -3.19. The molecule has 7 nitrogen and oxygen atoms in total. The third-order valence-electron chi connectivity index (χ3n) is 4.06. The van der Waals surface area contributed by atoms with Crippen molar-refractivity contribution in [3.05, 3.63) is 29.0 Å². The predicted molar refractivity (Wildman–Crippen MR) is 90.6 cm³/mol. The van der Waals surface area contributed by atoms with Crippen LogP contribution in [0.4, 0.5) is 10.1 Å². The maximum Gasteiger partial charge on any atom is 0.271 e. The van der Waals surface area contributed by atoms with Gasteiger partial charge in [-0.15, -0.1) is 0 Å². The van der Waals surface area contributed by atoms with Crippen LogP contribution in [0.5, 0.6) is 0 Å². The van der Waals surface area contributed by atoms with E-state index >= 15 is 0 Å². The van der Waals surface area contributed by atoms with Gasteiger partial charge in [0.1, 0.15) is 11.5 Å². The SMILES string of the molecule is O=C(Nc1ccc(Cl)cc1F)C1=NN(C2CCS(=O)(=O)C2)C(=O)CC1. The number of carbonyl (C=O) groups is 2. The van der Waals surface area contributed by atoms with Crippen molar-refractivity contribution in [2.75, 3.05) is 16.8 Å². The minimum atomic E-state index is -3.19. The second kappa shape index (κ2) is 6.72. The van der Waals surface area contributed by atoms with Gasteiger partial charge in [-0.05, 0) is 24.6 Å². The smallest absolute Gasteiger partial charge is 0.271 e. The second-order valence-electron chi connectivity index (χ2n) is 5.92. The molecular weight excluding hydrogens is 373 g/mol. The lowest BCUT2D eigenvalue weighted by Crippen LogP contribution is -2.42. The first-order chi connectivity index (χ1) is 11.7. The number of hydrazone groups is 1. The molecule has 1 aromatic carbocycles. The molecule has 134 valence electrons. The van der Waals surface area contributed by atoms with Gasteiger partial charge in [0, 0.05) is 17.9 Å². The van der Waals surface area contributed by atoms with Crippen LogP contribution >= 0.6 is 11.6 Å². The summed E-state index contributed by atoms with van der Waals surface area (Å²) in [5.74, 6) is -1.82. The first kappa shape index (κ1) is 17.8. The molecule has 1 saturated heterocycles. The number of hydrogen-bond donors (Lipinski definition) is 1. The maximum atomic E-state index is 13.8. The molecule has 2 aliphatic heterocycles. The topological polar surface area (TPSA) is 95.9 Å². The van der Waals surface area contributed by atoms with Gasteiger partial charge in [0.2, 0.25) is 5.91 Å². The summed E-state index contributed by atoms with van der Waals surface area (Å²) in [4.78, 5) is 24.3. The Morgan fingerprint density at radius 3 is 2.76 bits per heavy atom. The molecule has 1 aromatic rings. The van der Waals surface area contributed by atoms with Crippen molar-refractivity contribution in [2.24, 2.45) is 5.10 Å². The van der Waals surface area contributed by atoms with E-state index in [-0.39, 0.29) is 53.1 Å². The van der Waals surface area contributed by atoms with E-state index in [1.807, 2.05) is 0 Å². The molecule has 0 spiro atoms. The summed E-state index contributed by atoms with van der Waals surface area (Å²) in [5, 5.41) is 7.70. The first-order valence-electron chi connectivity index (χ1n) is 7.61. The van der Waals surface area contributed by atoms with Crippen molar-refractivity contribution in [1.82, 2.24) is 5.01 Å². The number of amides is 2. The lowest BCUT2D eigenvalue weighted by molar-refractivity contribution is -0.133. The number of sulfone groups is 1. The number of halogens is 2. The van der Waals surface area contributed by atoms with Crippen LogP contribution in [0.25, 0.3) is 0 Å². The average molecular weight is 388 g/mol. The van der Waals surface area contributed by atoms with Crippen LogP contribution in [0.3, 0.4) is 0 Å². The average Bonchev–Trinajstić information content (AvgIpc) is 2.90. The fourth-order valence-electron chi connectivity index (χ4n) is 2.77. The highest BCUT2D eigenvalue weighted by atomic mass is 35.5. The Labute approximate surface area is 148 Å². The lowest BCUT2D eigenvalue weighted by atomic mass is 10.1. The van der Waals surface area contributed by atoms with Crippen LogP contribution < -0.4 is 5.32 Å². The van der Waals surface area contributed by atoms with E-state index in [0.717, 1.165) is 11.1 Å². The zero-order valence-corrected chi connectivity index (χ0v) is 14.6. The van der Waals surface area contributed by atoms with Gasteiger partial charge in [0.05, 0.1) is 23.2 Å². The summed E-state index contributed by atoms with van der Waals surface area (Å²) in [6, 6.07) is 3.26. The highest BCUT2D eigenvalue weighted by molar-refractivity contribution is 7.91. The summed E-state index contributed by atoms with van der Waals surface area (Å²) in [6.45, 7) is 0. The van der Waals surface area contributed by atoms with E-state index < -0.39 is 27.6 Å². The molecule has 0 aromatic heterocycles. The maximum absolute atomic E-state index is 13.8. The van der Waals surface area contributed by atoms with Crippen molar-refractivity contribution >= 4 is 44.7 Å². The third-order valence-corrected chi connectivity index (χ3v) is 6.04. The van der Waals surface area contributed by atoms with Crippen LogP contribution in [-0.4, -0.2) is 48.5 Å². The molecule has 2 heterocycles. The molecule has 0 radical (unpaired) electrons. The monoisotopic (exact) mass is 387 g/mol. The minimum absolute atomic E-state index is 0.00547. The van der Waals surface area contributed by atoms with E-state index in [1.165, 1.54) is 12.1 Å². The van der Waals surface area contributed by atoms with Gasteiger partial charge in [-0.2, -0.15) is 5.10 Å². The van der Waals surface area contributed by atoms with Gasteiger partial charge >= 0.3 is 0 Å². The van der Waals surface area contributed by atoms with Crippen LogP contribution in [0, 0.1) is 5.82 Å². The zero-order chi connectivity index (χ0) is 18.2. The number of nitrogens with zero attached hydrogens (tertiary/aromatic N) is 2. The van der Waals surface area contributed by atoms with Gasteiger partial charge in [0.15, 0.2) is 9.84 Å². The van der Waals surface area contributed by atoms with Crippen molar-refractivity contribution < 1.29 is 22.4 Å². The van der Waals surface area contributed by atoms with E-state index in [1.54, 1.807) is 0 Å². The molecule has 25 heavy (non-hydrogen) atoms. The fourth-order valence-corrected chi connectivity index (χ4v) is 4.62. The molecule has 0 saturated carbocycles. The van der Waals surface area contributed by atoms with Crippen molar-refractivity contribution in [3.63, 3.8) is 0 Å². The van der Waals surface area contributed by atoms with Crippen LogP contribution in [0.15, 0.2) is 23.3 Å². The Morgan fingerprint density at radius 2 is 2.12 bits per heavy atom. The molecule has 1 unspecified atom stereocenters. The van der Waals surface area contributed by atoms with E-state index in [4.69, 9.17) is 11.6 Å². The highest BCUT2D eigenvalue weighted by Crippen LogP contribution is 2.23. The largest absolute Gasteiger partial charge is 0.318 e. The van der Waals surface area contributed by atoms with Crippen molar-refractivity contribution in [1.29, 1.82) is 0 Å². The van der Waals surface area contributed by atoms with Crippen LogP contribution in [0.2, 0.25) is 5.02 Å². The quantitative estimate of drug-likeness (QED) is 0.851. The molecule has 0 bridgehead atoms. The van der Waals surface area contributed by atoms with Gasteiger partial charge in [-0.1, -0.05) is 11.6 Å². The van der Waals surface area contributed by atoms with E-state index in [9.17, 15) is 22.4 Å². The summed E-state index contributed by atoms with van der Waals surface area (Å²) < 4.78 is 37.0. The zero-order valence-electron chi connectivity index (χ0n) is 13.0. The minimum Gasteiger partial charge on any atom is -0.318 e. The fraction of sp³-hybridized carbons (Fsp3) is 0.400. The van der Waals surface area contributed by atoms with Gasteiger partial charge in [0.25, 0.3) is 5.91 Å². The number of benzene rings is 1. The van der Waals surface area contributed by atoms with E-state index in [0.29, 0.717) is 0 Å². The number of anilines is 1. The Bertz CT molecular complexity index is 872. The van der Waals surface area contributed by atoms with E-state index in [2.05, 4.69) is 10.4 Å². The van der Waals surface area contributed by atoms with Crippen molar-refractivity contribution in [3.8, 4) is 0 Å². The standard InChI is InChI=1S/C15H15ClFN3O4S/c16-9-1-2-12(11(17)7-9)18-15(22)13-3-4-14(21)20(19-13)10-5-6-25(23,24)8-10/h1-2,7,10H,3-6,8H2,(H,18,22).